The summed E-state index contributed by atoms with van der Waals surface area (Å²) in [4.78, 5) is 0. The van der Waals surface area contributed by atoms with Crippen LogP contribution in [-0.4, -0.2) is 6.04 Å². The second-order valence-corrected chi connectivity index (χ2v) is 4.09. The van der Waals surface area contributed by atoms with E-state index in [1.54, 1.807) is 0 Å². The van der Waals surface area contributed by atoms with E-state index in [0.717, 1.165) is 12.8 Å². The van der Waals surface area contributed by atoms with Crippen LogP contribution in [0.5, 0.6) is 0 Å². The van der Waals surface area contributed by atoms with Crippen molar-refractivity contribution in [1.29, 1.82) is 0 Å². The molecule has 0 amide bonds. The van der Waals surface area contributed by atoms with Crippen molar-refractivity contribution in [2.45, 2.75) is 32.7 Å². The maximum Gasteiger partial charge on any atom is 0.0297 e. The molecule has 1 fully saturated rings. The van der Waals surface area contributed by atoms with Gasteiger partial charge in [0.15, 0.2) is 0 Å². The fraction of sp³-hybridized carbons (Fsp3) is 0.556. The first-order valence-corrected chi connectivity index (χ1v) is 4.73. The van der Waals surface area contributed by atoms with E-state index in [9.17, 15) is 0 Å². The molecule has 1 unspecified atom stereocenters. The van der Waals surface area contributed by atoms with Crippen molar-refractivity contribution in [1.82, 2.24) is 0 Å². The van der Waals surface area contributed by atoms with Crippen LogP contribution in [0.15, 0.2) is 21.7 Å². The van der Waals surface area contributed by atoms with Crippen molar-refractivity contribution in [3.8, 4) is 0 Å². The van der Waals surface area contributed by atoms with Crippen LogP contribution in [0.1, 0.15) is 26.7 Å². The Labute approximate surface area is 76.5 Å². The van der Waals surface area contributed by atoms with E-state index in [4.69, 9.17) is 5.73 Å². The molecule has 0 aromatic heterocycles. The van der Waals surface area contributed by atoms with Gasteiger partial charge in [-0.1, -0.05) is 22.0 Å². The number of hydrogen-bond donors (Lipinski definition) is 1. The lowest BCUT2D eigenvalue weighted by Gasteiger charge is -2.05. The maximum atomic E-state index is 5.89. The number of halogens is 1. The van der Waals surface area contributed by atoms with Gasteiger partial charge in [0.25, 0.3) is 0 Å². The molecule has 2 heteroatoms. The lowest BCUT2D eigenvalue weighted by atomic mass is 10.1. The van der Waals surface area contributed by atoms with Crippen molar-refractivity contribution in [3.63, 3.8) is 0 Å². The molecule has 0 bridgehead atoms. The summed E-state index contributed by atoms with van der Waals surface area (Å²) in [5.41, 5.74) is 8.62. The van der Waals surface area contributed by atoms with Gasteiger partial charge in [-0.05, 0) is 42.3 Å². The fourth-order valence-corrected chi connectivity index (χ4v) is 2.01. The van der Waals surface area contributed by atoms with E-state index < -0.39 is 0 Å². The third-order valence-electron chi connectivity index (χ3n) is 2.18. The Bertz CT molecular complexity index is 212. The Kier molecular flexibility index (Phi) is 2.90. The number of nitrogens with two attached hydrogens (primary N) is 1. The minimum atomic E-state index is 0.266. The van der Waals surface area contributed by atoms with Gasteiger partial charge in [-0.2, -0.15) is 0 Å². The molecule has 1 rings (SSSR count). The van der Waals surface area contributed by atoms with Gasteiger partial charge in [0.2, 0.25) is 0 Å². The van der Waals surface area contributed by atoms with E-state index in [2.05, 4.69) is 35.9 Å². The molecule has 1 nitrogen and oxygen atoms in total. The second-order valence-electron chi connectivity index (χ2n) is 2.90. The first-order valence-electron chi connectivity index (χ1n) is 3.94. The molecular weight excluding hydrogens is 202 g/mol. The van der Waals surface area contributed by atoms with Gasteiger partial charge in [-0.15, -0.1) is 0 Å². The molecule has 1 aliphatic carbocycles. The lowest BCUT2D eigenvalue weighted by Crippen LogP contribution is -2.16. The van der Waals surface area contributed by atoms with Gasteiger partial charge in [0.05, 0.1) is 0 Å². The molecule has 1 aliphatic rings. The Morgan fingerprint density at radius 2 is 2.36 bits per heavy atom. The van der Waals surface area contributed by atoms with Crippen LogP contribution >= 0.6 is 15.9 Å². The standard InChI is InChI=1S/C9H14BrN/c1-3-7-8(6(2)10)4-5-9(7)11/h3,9H,4-5,11H2,1-2H3. The monoisotopic (exact) mass is 215 g/mol. The molecule has 0 aromatic carbocycles. The lowest BCUT2D eigenvalue weighted by molar-refractivity contribution is 0.778. The predicted molar refractivity (Wildman–Crippen MR) is 52.6 cm³/mol. The molecular formula is C9H14BrN. The van der Waals surface area contributed by atoms with Crippen molar-refractivity contribution in [2.75, 3.05) is 0 Å². The Hall–Kier alpha value is -0.0800. The summed E-state index contributed by atoms with van der Waals surface area (Å²) in [6.45, 7) is 4.13. The summed E-state index contributed by atoms with van der Waals surface area (Å²) in [6.07, 6.45) is 4.34. The average molecular weight is 216 g/mol. The summed E-state index contributed by atoms with van der Waals surface area (Å²) in [6, 6.07) is 0.266. The molecule has 11 heavy (non-hydrogen) atoms. The highest BCUT2D eigenvalue weighted by atomic mass is 79.9. The van der Waals surface area contributed by atoms with E-state index >= 15 is 0 Å². The van der Waals surface area contributed by atoms with Crippen molar-refractivity contribution < 1.29 is 0 Å². The molecule has 0 aliphatic heterocycles. The highest BCUT2D eigenvalue weighted by molar-refractivity contribution is 9.11. The quantitative estimate of drug-likeness (QED) is 0.661. The molecule has 62 valence electrons. The summed E-state index contributed by atoms with van der Waals surface area (Å²) in [5, 5.41) is 0. The SMILES string of the molecule is CC=C1C(=C(C)Br)CCC1N. The predicted octanol–water partition coefficient (Wildman–Crippen LogP) is 2.72. The van der Waals surface area contributed by atoms with Crippen molar-refractivity contribution >= 4 is 15.9 Å². The first kappa shape index (κ1) is 9.01. The zero-order valence-corrected chi connectivity index (χ0v) is 8.61. The Morgan fingerprint density at radius 1 is 1.73 bits per heavy atom. The molecule has 0 saturated heterocycles. The summed E-state index contributed by atoms with van der Waals surface area (Å²) in [5.74, 6) is 0. The Balaban J connectivity index is 2.96. The van der Waals surface area contributed by atoms with Crippen molar-refractivity contribution in [2.24, 2.45) is 5.73 Å². The van der Waals surface area contributed by atoms with Gasteiger partial charge in [0, 0.05) is 6.04 Å². The molecule has 1 saturated carbocycles. The summed E-state index contributed by atoms with van der Waals surface area (Å²) in [7, 11) is 0. The van der Waals surface area contributed by atoms with Crippen molar-refractivity contribution in [3.05, 3.63) is 21.7 Å². The van der Waals surface area contributed by atoms with E-state index in [-0.39, 0.29) is 6.04 Å². The van der Waals surface area contributed by atoms with Gasteiger partial charge in [-0.25, -0.2) is 0 Å². The van der Waals surface area contributed by atoms with E-state index in [0.29, 0.717) is 0 Å². The number of hydrogen-bond acceptors (Lipinski definition) is 1. The minimum absolute atomic E-state index is 0.266. The van der Waals surface area contributed by atoms with Gasteiger partial charge in [-0.3, -0.25) is 0 Å². The Morgan fingerprint density at radius 3 is 2.73 bits per heavy atom. The van der Waals surface area contributed by atoms with Crippen LogP contribution in [0.25, 0.3) is 0 Å². The topological polar surface area (TPSA) is 26.0 Å². The summed E-state index contributed by atoms with van der Waals surface area (Å²) < 4.78 is 1.23. The van der Waals surface area contributed by atoms with E-state index in [1.807, 2.05) is 0 Å². The third kappa shape index (κ3) is 1.74. The summed E-state index contributed by atoms with van der Waals surface area (Å²) >= 11 is 3.49. The van der Waals surface area contributed by atoms with Gasteiger partial charge in [0.1, 0.15) is 0 Å². The largest absolute Gasteiger partial charge is 0.324 e. The molecule has 1 atom stereocenters. The third-order valence-corrected chi connectivity index (χ3v) is 2.66. The zero-order chi connectivity index (χ0) is 8.43. The molecule has 0 spiro atoms. The van der Waals surface area contributed by atoms with Gasteiger partial charge >= 0.3 is 0 Å². The van der Waals surface area contributed by atoms with Crippen LogP contribution in [0.4, 0.5) is 0 Å². The van der Waals surface area contributed by atoms with Gasteiger partial charge < -0.3 is 5.73 Å². The second kappa shape index (κ2) is 3.55. The van der Waals surface area contributed by atoms with Crippen LogP contribution in [-0.2, 0) is 0 Å². The minimum Gasteiger partial charge on any atom is -0.324 e. The normalized spacial score (nSPS) is 33.1. The van der Waals surface area contributed by atoms with Crippen LogP contribution < -0.4 is 5.73 Å². The average Bonchev–Trinajstić information content (AvgIpc) is 2.30. The maximum absolute atomic E-state index is 5.89. The molecule has 0 aromatic rings. The highest BCUT2D eigenvalue weighted by Gasteiger charge is 2.21. The number of allylic oxidation sites excluding steroid dienone is 2. The van der Waals surface area contributed by atoms with E-state index in [1.165, 1.54) is 15.6 Å². The first-order chi connectivity index (χ1) is 5.16. The highest BCUT2D eigenvalue weighted by Crippen LogP contribution is 2.33. The molecule has 0 radical (unpaired) electrons. The fourth-order valence-electron chi connectivity index (χ4n) is 1.58. The smallest absolute Gasteiger partial charge is 0.0297 e. The van der Waals surface area contributed by atoms with Crippen LogP contribution in [0.2, 0.25) is 0 Å². The van der Waals surface area contributed by atoms with Crippen LogP contribution in [0, 0.1) is 0 Å². The molecule has 0 heterocycles. The number of rotatable bonds is 0. The van der Waals surface area contributed by atoms with Crippen LogP contribution in [0.3, 0.4) is 0 Å². The zero-order valence-electron chi connectivity index (χ0n) is 7.02. The molecule has 2 N–H and O–H groups in total.